The molecule has 6 nitrogen and oxygen atoms in total. The van der Waals surface area contributed by atoms with E-state index < -0.39 is 47.6 Å². The Bertz CT molecular complexity index is 1160. The summed E-state index contributed by atoms with van der Waals surface area (Å²) in [5, 5.41) is 2.96. The van der Waals surface area contributed by atoms with Crippen LogP contribution in [0.2, 0.25) is 5.02 Å². The highest BCUT2D eigenvalue weighted by Crippen LogP contribution is 2.66. The van der Waals surface area contributed by atoms with Gasteiger partial charge in [-0.15, -0.1) is 0 Å². The number of primary amides is 1. The van der Waals surface area contributed by atoms with Gasteiger partial charge in [0.2, 0.25) is 11.8 Å². The van der Waals surface area contributed by atoms with E-state index in [2.05, 4.69) is 10.3 Å². The average Bonchev–Trinajstić information content (AvgIpc) is 3.62. The van der Waals surface area contributed by atoms with Gasteiger partial charge in [-0.05, 0) is 62.7 Å². The second kappa shape index (κ2) is 11.1. The molecule has 1 aromatic carbocycles. The molecular formula is C25H27ClF6N4O2. The van der Waals surface area contributed by atoms with Crippen LogP contribution in [0.25, 0.3) is 0 Å². The van der Waals surface area contributed by atoms with E-state index in [4.69, 9.17) is 17.3 Å². The summed E-state index contributed by atoms with van der Waals surface area (Å²) in [7, 11) is 3.50. The summed E-state index contributed by atoms with van der Waals surface area (Å²) in [5.41, 5.74) is 2.67. The Balaban J connectivity index is 1.74. The van der Waals surface area contributed by atoms with E-state index in [0.717, 1.165) is 12.3 Å². The Labute approximate surface area is 220 Å². The number of carbonyl (C=O) groups excluding carboxylic acids is 2. The maximum absolute atomic E-state index is 13.9. The summed E-state index contributed by atoms with van der Waals surface area (Å²) >= 11 is 6.26. The van der Waals surface area contributed by atoms with E-state index in [0.29, 0.717) is 23.1 Å². The van der Waals surface area contributed by atoms with Crippen LogP contribution >= 0.6 is 11.6 Å². The molecule has 2 aromatic rings. The molecule has 0 saturated heterocycles. The van der Waals surface area contributed by atoms with E-state index in [-0.39, 0.29) is 36.6 Å². The van der Waals surface area contributed by atoms with Crippen molar-refractivity contribution in [3.8, 4) is 0 Å². The van der Waals surface area contributed by atoms with Gasteiger partial charge in [-0.1, -0.05) is 23.7 Å². The molecule has 2 amide bonds. The number of carbonyl (C=O) groups is 2. The highest BCUT2D eigenvalue weighted by molar-refractivity contribution is 6.31. The molecule has 38 heavy (non-hydrogen) atoms. The van der Waals surface area contributed by atoms with Crippen molar-refractivity contribution in [2.45, 2.75) is 50.0 Å². The lowest BCUT2D eigenvalue weighted by Crippen LogP contribution is -2.42. The molecule has 0 spiro atoms. The number of benzene rings is 1. The first kappa shape index (κ1) is 29.7. The number of alkyl halides is 6. The minimum atomic E-state index is -4.74. The third kappa shape index (κ3) is 6.76. The van der Waals surface area contributed by atoms with Crippen LogP contribution in [-0.4, -0.2) is 54.6 Å². The quantitative estimate of drug-likeness (QED) is 0.399. The first-order valence-electron chi connectivity index (χ1n) is 11.7. The zero-order valence-corrected chi connectivity index (χ0v) is 21.3. The third-order valence-electron chi connectivity index (χ3n) is 6.95. The summed E-state index contributed by atoms with van der Waals surface area (Å²) in [5.74, 6) is -2.70. The molecule has 1 unspecified atom stereocenters. The standard InChI is InChI=1S/C25H27ClF6N4O2/c1-36(2)17(9-14-3-4-15(22(33)38)10-19(14)26)13-35-21(37)11-18(23(7-8-23)25(30,31)32)16-5-6-20(34-12-16)24(27,28)29/h3-6,10,12,17-18H,7-9,11,13H2,1-2H3,(H2,33,38)(H,35,37)/t17-,18?/m0/s1. The number of pyridine rings is 1. The zero-order valence-electron chi connectivity index (χ0n) is 20.6. The fourth-order valence-corrected chi connectivity index (χ4v) is 4.68. The molecule has 1 fully saturated rings. The molecule has 13 heteroatoms. The molecule has 0 aliphatic heterocycles. The summed E-state index contributed by atoms with van der Waals surface area (Å²) in [4.78, 5) is 29.3. The molecule has 3 rings (SSSR count). The fourth-order valence-electron chi connectivity index (χ4n) is 4.42. The number of likely N-dealkylation sites (N-methyl/N-ethyl adjacent to an activating group) is 1. The fraction of sp³-hybridized carbons (Fsp3) is 0.480. The van der Waals surface area contributed by atoms with Gasteiger partial charge in [0.1, 0.15) is 5.69 Å². The zero-order chi connectivity index (χ0) is 28.5. The number of hydrogen-bond donors (Lipinski definition) is 2. The van der Waals surface area contributed by atoms with Gasteiger partial charge in [-0.3, -0.25) is 14.6 Å². The molecule has 0 bridgehead atoms. The van der Waals surface area contributed by atoms with E-state index in [1.54, 1.807) is 25.1 Å². The molecule has 2 atom stereocenters. The van der Waals surface area contributed by atoms with Crippen molar-refractivity contribution < 1.29 is 35.9 Å². The van der Waals surface area contributed by atoms with Gasteiger partial charge in [-0.2, -0.15) is 26.3 Å². The van der Waals surface area contributed by atoms with Crippen LogP contribution in [0.15, 0.2) is 36.5 Å². The van der Waals surface area contributed by atoms with Gasteiger partial charge >= 0.3 is 12.4 Å². The first-order chi connectivity index (χ1) is 17.5. The third-order valence-corrected chi connectivity index (χ3v) is 7.30. The molecule has 3 N–H and O–H groups in total. The molecule has 1 heterocycles. The van der Waals surface area contributed by atoms with Crippen molar-refractivity contribution in [1.82, 2.24) is 15.2 Å². The molecule has 1 aliphatic rings. The van der Waals surface area contributed by atoms with Crippen LogP contribution in [0.5, 0.6) is 0 Å². The number of nitrogens with two attached hydrogens (primary N) is 1. The van der Waals surface area contributed by atoms with Gasteiger partial charge in [0.05, 0.1) is 5.41 Å². The van der Waals surface area contributed by atoms with Crippen molar-refractivity contribution >= 4 is 23.4 Å². The lowest BCUT2D eigenvalue weighted by Gasteiger charge is -2.30. The monoisotopic (exact) mass is 564 g/mol. The Morgan fingerprint density at radius 2 is 1.79 bits per heavy atom. The molecule has 1 aliphatic carbocycles. The van der Waals surface area contributed by atoms with E-state index in [1.807, 2.05) is 0 Å². The summed E-state index contributed by atoms with van der Waals surface area (Å²) in [6, 6.07) is 5.86. The van der Waals surface area contributed by atoms with Crippen LogP contribution in [0, 0.1) is 5.41 Å². The number of halogens is 7. The Hall–Kier alpha value is -2.86. The number of hydrogen-bond acceptors (Lipinski definition) is 4. The highest BCUT2D eigenvalue weighted by atomic mass is 35.5. The number of aromatic nitrogens is 1. The van der Waals surface area contributed by atoms with Crippen molar-refractivity contribution in [3.63, 3.8) is 0 Å². The molecule has 208 valence electrons. The molecular weight excluding hydrogens is 538 g/mol. The minimum Gasteiger partial charge on any atom is -0.366 e. The van der Waals surface area contributed by atoms with Crippen LogP contribution in [-0.2, 0) is 17.4 Å². The SMILES string of the molecule is CN(C)[C@H](CNC(=O)CC(c1ccc(C(F)(F)F)nc1)C1(C(F)(F)F)CC1)Cc1ccc(C(N)=O)cc1Cl. The number of nitrogens with zero attached hydrogens (tertiary/aromatic N) is 2. The second-order valence-corrected chi connectivity index (χ2v) is 10.1. The predicted molar refractivity (Wildman–Crippen MR) is 128 cm³/mol. The minimum absolute atomic E-state index is 0.0662. The topological polar surface area (TPSA) is 88.3 Å². The van der Waals surface area contributed by atoms with Gasteiger partial charge in [0.15, 0.2) is 0 Å². The van der Waals surface area contributed by atoms with Crippen molar-refractivity contribution in [1.29, 1.82) is 0 Å². The highest BCUT2D eigenvalue weighted by Gasteiger charge is 2.67. The van der Waals surface area contributed by atoms with E-state index in [9.17, 15) is 35.9 Å². The predicted octanol–water partition coefficient (Wildman–Crippen LogP) is 4.96. The number of rotatable bonds is 10. The largest absolute Gasteiger partial charge is 0.433 e. The normalized spacial score (nSPS) is 16.7. The van der Waals surface area contributed by atoms with Crippen LogP contribution in [0.3, 0.4) is 0 Å². The first-order valence-corrected chi connectivity index (χ1v) is 12.0. The maximum atomic E-state index is 13.9. The van der Waals surface area contributed by atoms with Gasteiger partial charge in [0, 0.05) is 41.7 Å². The van der Waals surface area contributed by atoms with Crippen molar-refractivity contribution in [3.05, 3.63) is 63.9 Å². The lowest BCUT2D eigenvalue weighted by molar-refractivity contribution is -0.194. The van der Waals surface area contributed by atoms with Gasteiger partial charge < -0.3 is 16.0 Å². The van der Waals surface area contributed by atoms with Crippen molar-refractivity contribution in [2.24, 2.45) is 11.1 Å². The van der Waals surface area contributed by atoms with Gasteiger partial charge in [-0.25, -0.2) is 0 Å². The smallest absolute Gasteiger partial charge is 0.366 e. The molecule has 1 aromatic heterocycles. The van der Waals surface area contributed by atoms with Crippen LogP contribution in [0.4, 0.5) is 26.3 Å². The van der Waals surface area contributed by atoms with Gasteiger partial charge in [0.25, 0.3) is 0 Å². The summed E-state index contributed by atoms with van der Waals surface area (Å²) < 4.78 is 80.6. The Morgan fingerprint density at radius 3 is 2.24 bits per heavy atom. The average molecular weight is 565 g/mol. The number of amides is 2. The van der Waals surface area contributed by atoms with E-state index >= 15 is 0 Å². The molecule has 0 radical (unpaired) electrons. The maximum Gasteiger partial charge on any atom is 0.433 e. The Kier molecular flexibility index (Phi) is 8.67. The summed E-state index contributed by atoms with van der Waals surface area (Å²) in [6.45, 7) is 0.0662. The summed E-state index contributed by atoms with van der Waals surface area (Å²) in [6.07, 6.45) is -9.28. The number of nitrogens with one attached hydrogen (secondary N) is 1. The van der Waals surface area contributed by atoms with Crippen LogP contribution < -0.4 is 11.1 Å². The molecule has 1 saturated carbocycles. The van der Waals surface area contributed by atoms with Crippen LogP contribution in [0.1, 0.15) is 52.4 Å². The Morgan fingerprint density at radius 1 is 1.13 bits per heavy atom. The van der Waals surface area contributed by atoms with Crippen molar-refractivity contribution in [2.75, 3.05) is 20.6 Å². The lowest BCUT2D eigenvalue weighted by atomic mass is 9.80. The van der Waals surface area contributed by atoms with E-state index in [1.165, 1.54) is 12.1 Å². The second-order valence-electron chi connectivity index (χ2n) is 9.68.